The van der Waals surface area contributed by atoms with Gasteiger partial charge in [-0.05, 0) is 23.7 Å². The zero-order valence-electron chi connectivity index (χ0n) is 13.4. The van der Waals surface area contributed by atoms with E-state index in [1.165, 1.54) is 6.92 Å². The monoisotopic (exact) mass is 270 g/mol. The van der Waals surface area contributed by atoms with Crippen LogP contribution in [0.15, 0.2) is 0 Å². The van der Waals surface area contributed by atoms with Crippen molar-refractivity contribution in [2.75, 3.05) is 6.54 Å². The Morgan fingerprint density at radius 3 is 1.68 bits per heavy atom. The zero-order valence-corrected chi connectivity index (χ0v) is 13.4. The van der Waals surface area contributed by atoms with Crippen LogP contribution in [0.5, 0.6) is 0 Å². The Labute approximate surface area is 117 Å². The topological polar surface area (TPSA) is 58.2 Å². The molecule has 0 aromatic heterocycles. The molecule has 0 spiro atoms. The summed E-state index contributed by atoms with van der Waals surface area (Å²) < 4.78 is 0. The summed E-state index contributed by atoms with van der Waals surface area (Å²) in [7, 11) is 0. The number of carbonyl (C=O) groups excluding carboxylic acids is 2. The van der Waals surface area contributed by atoms with Crippen molar-refractivity contribution in [1.82, 2.24) is 10.6 Å². The number of hydrogen-bond acceptors (Lipinski definition) is 2. The minimum atomic E-state index is -0.447. The Hall–Kier alpha value is -1.06. The van der Waals surface area contributed by atoms with Crippen molar-refractivity contribution in [3.05, 3.63) is 0 Å². The van der Waals surface area contributed by atoms with Crippen LogP contribution in [0.2, 0.25) is 0 Å². The minimum Gasteiger partial charge on any atom is -0.354 e. The molecular formula is C15H30N2O2. The molecule has 2 amide bonds. The maximum absolute atomic E-state index is 12.1. The largest absolute Gasteiger partial charge is 0.354 e. The van der Waals surface area contributed by atoms with Gasteiger partial charge in [0.25, 0.3) is 0 Å². The number of nitrogens with one attached hydrogen (secondary N) is 2. The smallest absolute Gasteiger partial charge is 0.242 e. The summed E-state index contributed by atoms with van der Waals surface area (Å²) in [5, 5.41) is 5.69. The molecule has 0 saturated heterocycles. The molecule has 1 atom stereocenters. The van der Waals surface area contributed by atoms with Gasteiger partial charge < -0.3 is 10.6 Å². The van der Waals surface area contributed by atoms with Crippen LogP contribution in [0.3, 0.4) is 0 Å². The van der Waals surface area contributed by atoms with E-state index in [4.69, 9.17) is 0 Å². The normalized spacial score (nSPS) is 13.2. The molecule has 0 aliphatic carbocycles. The van der Waals surface area contributed by atoms with E-state index in [1.807, 2.05) is 13.8 Å². The van der Waals surface area contributed by atoms with Crippen molar-refractivity contribution < 1.29 is 9.59 Å². The lowest BCUT2D eigenvalue weighted by Gasteiger charge is -2.27. The highest BCUT2D eigenvalue weighted by molar-refractivity contribution is 5.87. The molecule has 0 rings (SSSR count). The van der Waals surface area contributed by atoms with Crippen LogP contribution in [0.1, 0.15) is 48.5 Å². The lowest BCUT2D eigenvalue weighted by molar-refractivity contribution is -0.129. The van der Waals surface area contributed by atoms with Gasteiger partial charge in [0.15, 0.2) is 0 Å². The Morgan fingerprint density at radius 1 is 0.895 bits per heavy atom. The van der Waals surface area contributed by atoms with E-state index in [-0.39, 0.29) is 17.7 Å². The van der Waals surface area contributed by atoms with Gasteiger partial charge in [0.05, 0.1) is 0 Å². The standard InChI is InChI=1S/C15H30N2O2/c1-9(2)13(10(3)4)8-16-15(19)14(11(5)6)17-12(7)18/h9-11,13-14H,8H2,1-7H3,(H,16,19)(H,17,18). The van der Waals surface area contributed by atoms with Crippen molar-refractivity contribution in [2.24, 2.45) is 23.7 Å². The average molecular weight is 270 g/mol. The molecule has 0 aliphatic heterocycles. The van der Waals surface area contributed by atoms with Gasteiger partial charge in [-0.2, -0.15) is 0 Å². The van der Waals surface area contributed by atoms with E-state index in [0.29, 0.717) is 24.3 Å². The molecular weight excluding hydrogens is 240 g/mol. The van der Waals surface area contributed by atoms with Gasteiger partial charge in [-0.15, -0.1) is 0 Å². The second kappa shape index (κ2) is 8.18. The Balaban J connectivity index is 4.52. The van der Waals surface area contributed by atoms with Crippen molar-refractivity contribution >= 4 is 11.8 Å². The van der Waals surface area contributed by atoms with Crippen LogP contribution in [-0.4, -0.2) is 24.4 Å². The molecule has 0 radical (unpaired) electrons. The highest BCUT2D eigenvalue weighted by Gasteiger charge is 2.25. The Bertz CT molecular complexity index is 291. The van der Waals surface area contributed by atoms with Crippen LogP contribution >= 0.6 is 0 Å². The third kappa shape index (κ3) is 6.60. The molecule has 4 heteroatoms. The van der Waals surface area contributed by atoms with E-state index < -0.39 is 6.04 Å². The molecule has 0 heterocycles. The van der Waals surface area contributed by atoms with Crippen molar-refractivity contribution in [3.8, 4) is 0 Å². The van der Waals surface area contributed by atoms with E-state index in [9.17, 15) is 9.59 Å². The Kier molecular flexibility index (Phi) is 7.72. The first-order chi connectivity index (χ1) is 8.66. The van der Waals surface area contributed by atoms with E-state index >= 15 is 0 Å². The summed E-state index contributed by atoms with van der Waals surface area (Å²) in [6.07, 6.45) is 0. The molecule has 0 aromatic rings. The molecule has 4 nitrogen and oxygen atoms in total. The predicted molar refractivity (Wildman–Crippen MR) is 78.6 cm³/mol. The highest BCUT2D eigenvalue weighted by atomic mass is 16.2. The van der Waals surface area contributed by atoms with Gasteiger partial charge in [0.1, 0.15) is 6.04 Å². The summed E-state index contributed by atoms with van der Waals surface area (Å²) in [5.74, 6) is 1.33. The number of hydrogen-bond donors (Lipinski definition) is 2. The van der Waals surface area contributed by atoms with Gasteiger partial charge in [0, 0.05) is 13.5 Å². The first-order valence-corrected chi connectivity index (χ1v) is 7.21. The van der Waals surface area contributed by atoms with Gasteiger partial charge in [0.2, 0.25) is 11.8 Å². The van der Waals surface area contributed by atoms with E-state index in [1.54, 1.807) is 0 Å². The molecule has 1 unspecified atom stereocenters. The molecule has 2 N–H and O–H groups in total. The van der Waals surface area contributed by atoms with Crippen molar-refractivity contribution in [2.45, 2.75) is 54.5 Å². The maximum atomic E-state index is 12.1. The van der Waals surface area contributed by atoms with Crippen LogP contribution < -0.4 is 10.6 Å². The van der Waals surface area contributed by atoms with Crippen molar-refractivity contribution in [1.29, 1.82) is 0 Å². The summed E-state index contributed by atoms with van der Waals surface area (Å²) >= 11 is 0. The minimum absolute atomic E-state index is 0.0837. The van der Waals surface area contributed by atoms with Gasteiger partial charge in [-0.25, -0.2) is 0 Å². The predicted octanol–water partition coefficient (Wildman–Crippen LogP) is 2.19. The van der Waals surface area contributed by atoms with Crippen LogP contribution in [0.25, 0.3) is 0 Å². The number of rotatable bonds is 7. The van der Waals surface area contributed by atoms with Crippen LogP contribution in [-0.2, 0) is 9.59 Å². The molecule has 0 fully saturated rings. The third-order valence-electron chi connectivity index (χ3n) is 3.53. The fourth-order valence-corrected chi connectivity index (χ4v) is 2.32. The molecule has 0 aliphatic rings. The van der Waals surface area contributed by atoms with E-state index in [0.717, 1.165) is 0 Å². The highest BCUT2D eigenvalue weighted by Crippen LogP contribution is 2.19. The van der Waals surface area contributed by atoms with Gasteiger partial charge in [-0.3, -0.25) is 9.59 Å². The summed E-state index contributed by atoms with van der Waals surface area (Å²) in [4.78, 5) is 23.3. The van der Waals surface area contributed by atoms with E-state index in [2.05, 4.69) is 38.3 Å². The lowest BCUT2D eigenvalue weighted by atomic mass is 9.85. The number of amides is 2. The quantitative estimate of drug-likeness (QED) is 0.745. The number of carbonyl (C=O) groups is 2. The SMILES string of the molecule is CC(=O)NC(C(=O)NCC(C(C)C)C(C)C)C(C)C. The molecule has 112 valence electrons. The van der Waals surface area contributed by atoms with Gasteiger partial charge >= 0.3 is 0 Å². The summed E-state index contributed by atoms with van der Waals surface area (Å²) in [6.45, 7) is 14.7. The Morgan fingerprint density at radius 2 is 1.37 bits per heavy atom. The summed E-state index contributed by atoms with van der Waals surface area (Å²) in [5.41, 5.74) is 0. The van der Waals surface area contributed by atoms with Crippen LogP contribution in [0, 0.1) is 23.7 Å². The fraction of sp³-hybridized carbons (Fsp3) is 0.867. The first kappa shape index (κ1) is 17.9. The van der Waals surface area contributed by atoms with Gasteiger partial charge in [-0.1, -0.05) is 41.5 Å². The first-order valence-electron chi connectivity index (χ1n) is 7.21. The summed E-state index contributed by atoms with van der Waals surface area (Å²) in [6, 6.07) is -0.447. The lowest BCUT2D eigenvalue weighted by Crippen LogP contribution is -2.50. The fourth-order valence-electron chi connectivity index (χ4n) is 2.32. The van der Waals surface area contributed by atoms with Crippen molar-refractivity contribution in [3.63, 3.8) is 0 Å². The molecule has 0 bridgehead atoms. The average Bonchev–Trinajstić information content (AvgIpc) is 2.24. The molecule has 0 aromatic carbocycles. The second-order valence-electron chi connectivity index (χ2n) is 6.32. The molecule has 0 saturated carbocycles. The molecule has 19 heavy (non-hydrogen) atoms. The van der Waals surface area contributed by atoms with Crippen LogP contribution in [0.4, 0.5) is 0 Å². The third-order valence-corrected chi connectivity index (χ3v) is 3.53. The maximum Gasteiger partial charge on any atom is 0.242 e. The zero-order chi connectivity index (χ0) is 15.2. The second-order valence-corrected chi connectivity index (χ2v) is 6.32.